The molecule has 138 valence electrons. The summed E-state index contributed by atoms with van der Waals surface area (Å²) < 4.78 is 26.7. The molecule has 2 fully saturated rings. The van der Waals surface area contributed by atoms with Gasteiger partial charge in [0.05, 0.1) is 0 Å². The Balaban J connectivity index is 1.49. The number of nitrogens with zero attached hydrogens (tertiary/aromatic N) is 2. The number of urea groups is 1. The standard InChI is InChI=1S/C18H26F2N4O/c1-23(16-2-6-21-7-3-16)18(25)22-15-4-8-24(9-5-15)17-11-13(19)10-14(20)12-17/h10-12,15-16,21H,2-9H2,1H3,(H,22,25). The molecule has 0 aromatic heterocycles. The Morgan fingerprint density at radius 1 is 1.12 bits per heavy atom. The molecule has 1 aromatic carbocycles. The molecule has 2 amide bonds. The van der Waals surface area contributed by atoms with Gasteiger partial charge >= 0.3 is 6.03 Å². The average Bonchev–Trinajstić information content (AvgIpc) is 2.61. The average molecular weight is 352 g/mol. The quantitative estimate of drug-likeness (QED) is 0.878. The lowest BCUT2D eigenvalue weighted by Crippen LogP contribution is -2.52. The first-order valence-electron chi connectivity index (χ1n) is 8.98. The Morgan fingerprint density at radius 3 is 2.32 bits per heavy atom. The third-order valence-electron chi connectivity index (χ3n) is 5.21. The third kappa shape index (κ3) is 4.60. The molecule has 3 rings (SSSR count). The summed E-state index contributed by atoms with van der Waals surface area (Å²) in [7, 11) is 1.86. The molecule has 2 saturated heterocycles. The highest BCUT2D eigenvalue weighted by Crippen LogP contribution is 2.22. The van der Waals surface area contributed by atoms with Crippen LogP contribution in [0.5, 0.6) is 0 Å². The van der Waals surface area contributed by atoms with Crippen molar-refractivity contribution in [3.05, 3.63) is 29.8 Å². The number of carbonyl (C=O) groups is 1. The minimum atomic E-state index is -0.561. The zero-order valence-corrected chi connectivity index (χ0v) is 14.6. The number of amides is 2. The molecule has 2 heterocycles. The number of rotatable bonds is 3. The first kappa shape index (κ1) is 17.9. The highest BCUT2D eigenvalue weighted by atomic mass is 19.1. The van der Waals surface area contributed by atoms with Crippen molar-refractivity contribution in [2.24, 2.45) is 0 Å². The molecule has 1 aromatic rings. The maximum atomic E-state index is 13.4. The molecule has 0 unspecified atom stereocenters. The summed E-state index contributed by atoms with van der Waals surface area (Å²) in [4.78, 5) is 16.2. The Morgan fingerprint density at radius 2 is 1.72 bits per heavy atom. The van der Waals surface area contributed by atoms with Crippen LogP contribution in [0.25, 0.3) is 0 Å². The minimum absolute atomic E-state index is 0.0258. The Hall–Kier alpha value is -1.89. The summed E-state index contributed by atoms with van der Waals surface area (Å²) in [5.74, 6) is -1.12. The van der Waals surface area contributed by atoms with Crippen molar-refractivity contribution >= 4 is 11.7 Å². The predicted molar refractivity (Wildman–Crippen MR) is 93.8 cm³/mol. The van der Waals surface area contributed by atoms with Gasteiger partial charge in [0, 0.05) is 44.0 Å². The fraction of sp³-hybridized carbons (Fsp3) is 0.611. The van der Waals surface area contributed by atoms with Crippen LogP contribution in [0.15, 0.2) is 18.2 Å². The topological polar surface area (TPSA) is 47.6 Å². The summed E-state index contributed by atoms with van der Waals surface area (Å²) in [6.45, 7) is 3.24. The van der Waals surface area contributed by atoms with E-state index in [0.717, 1.165) is 44.8 Å². The van der Waals surface area contributed by atoms with Crippen molar-refractivity contribution in [3.8, 4) is 0 Å². The Labute approximate surface area is 147 Å². The number of carbonyl (C=O) groups excluding carboxylic acids is 1. The number of hydrogen-bond acceptors (Lipinski definition) is 3. The van der Waals surface area contributed by atoms with Crippen LogP contribution in [0, 0.1) is 11.6 Å². The number of benzene rings is 1. The second-order valence-electron chi connectivity index (χ2n) is 6.93. The van der Waals surface area contributed by atoms with Crippen molar-refractivity contribution in [3.63, 3.8) is 0 Å². The van der Waals surface area contributed by atoms with E-state index in [1.165, 1.54) is 12.1 Å². The zero-order valence-electron chi connectivity index (χ0n) is 14.6. The molecule has 2 N–H and O–H groups in total. The van der Waals surface area contributed by atoms with Gasteiger partial charge in [0.1, 0.15) is 11.6 Å². The Bertz CT molecular complexity index is 578. The molecule has 2 aliphatic heterocycles. The summed E-state index contributed by atoms with van der Waals surface area (Å²) in [6, 6.07) is 3.96. The smallest absolute Gasteiger partial charge is 0.317 e. The highest BCUT2D eigenvalue weighted by molar-refractivity contribution is 5.74. The number of hydrogen-bond donors (Lipinski definition) is 2. The lowest BCUT2D eigenvalue weighted by Gasteiger charge is -2.36. The van der Waals surface area contributed by atoms with Crippen molar-refractivity contribution in [1.29, 1.82) is 0 Å². The fourth-order valence-corrected chi connectivity index (χ4v) is 3.64. The molecule has 5 nitrogen and oxygen atoms in total. The van der Waals surface area contributed by atoms with Crippen molar-refractivity contribution < 1.29 is 13.6 Å². The molecule has 0 bridgehead atoms. The summed E-state index contributed by atoms with van der Waals surface area (Å²) in [5, 5.41) is 6.40. The monoisotopic (exact) mass is 352 g/mol. The van der Waals surface area contributed by atoms with Crippen LogP contribution in [0.4, 0.5) is 19.3 Å². The summed E-state index contributed by atoms with van der Waals surface area (Å²) in [5.41, 5.74) is 0.564. The number of nitrogens with one attached hydrogen (secondary N) is 2. The van der Waals surface area contributed by atoms with Gasteiger partial charge in [-0.3, -0.25) is 0 Å². The second-order valence-corrected chi connectivity index (χ2v) is 6.93. The van der Waals surface area contributed by atoms with E-state index in [9.17, 15) is 13.6 Å². The van der Waals surface area contributed by atoms with E-state index in [4.69, 9.17) is 0 Å². The maximum absolute atomic E-state index is 13.4. The van der Waals surface area contributed by atoms with E-state index in [1.807, 2.05) is 16.8 Å². The van der Waals surface area contributed by atoms with Crippen molar-refractivity contribution in [1.82, 2.24) is 15.5 Å². The van der Waals surface area contributed by atoms with Gasteiger partial charge in [-0.2, -0.15) is 0 Å². The largest absolute Gasteiger partial charge is 0.371 e. The SMILES string of the molecule is CN(C(=O)NC1CCN(c2cc(F)cc(F)c2)CC1)C1CCNCC1. The van der Waals surface area contributed by atoms with Crippen LogP contribution in [-0.2, 0) is 0 Å². The van der Waals surface area contributed by atoms with E-state index in [1.54, 1.807) is 0 Å². The highest BCUT2D eigenvalue weighted by Gasteiger charge is 2.26. The van der Waals surface area contributed by atoms with E-state index in [-0.39, 0.29) is 18.1 Å². The van der Waals surface area contributed by atoms with Crippen LogP contribution in [-0.4, -0.2) is 56.2 Å². The van der Waals surface area contributed by atoms with E-state index in [2.05, 4.69) is 10.6 Å². The van der Waals surface area contributed by atoms with Crippen LogP contribution in [0.1, 0.15) is 25.7 Å². The van der Waals surface area contributed by atoms with E-state index < -0.39 is 11.6 Å². The van der Waals surface area contributed by atoms with Crippen LogP contribution in [0.3, 0.4) is 0 Å². The first-order chi connectivity index (χ1) is 12.0. The molecule has 7 heteroatoms. The van der Waals surface area contributed by atoms with E-state index in [0.29, 0.717) is 18.8 Å². The molecule has 0 saturated carbocycles. The van der Waals surface area contributed by atoms with Gasteiger partial charge in [0.2, 0.25) is 0 Å². The molecule has 25 heavy (non-hydrogen) atoms. The molecule has 2 aliphatic rings. The second kappa shape index (κ2) is 7.99. The summed E-state index contributed by atoms with van der Waals surface area (Å²) >= 11 is 0. The molecule has 0 aliphatic carbocycles. The lowest BCUT2D eigenvalue weighted by molar-refractivity contribution is 0.171. The zero-order chi connectivity index (χ0) is 17.8. The molecule has 0 radical (unpaired) electrons. The molecule has 0 atom stereocenters. The van der Waals surface area contributed by atoms with Crippen LogP contribution >= 0.6 is 0 Å². The van der Waals surface area contributed by atoms with Gasteiger partial charge < -0.3 is 20.4 Å². The fourth-order valence-electron chi connectivity index (χ4n) is 3.64. The predicted octanol–water partition coefficient (Wildman–Crippen LogP) is 2.33. The van der Waals surface area contributed by atoms with Gasteiger partial charge in [-0.25, -0.2) is 13.6 Å². The molecule has 0 spiro atoms. The summed E-state index contributed by atoms with van der Waals surface area (Å²) in [6.07, 6.45) is 3.49. The number of anilines is 1. The Kier molecular flexibility index (Phi) is 5.73. The third-order valence-corrected chi connectivity index (χ3v) is 5.21. The molecular formula is C18H26F2N4O. The van der Waals surface area contributed by atoms with Crippen molar-refractivity contribution in [2.45, 2.75) is 37.8 Å². The number of halogens is 2. The van der Waals surface area contributed by atoms with Gasteiger partial charge in [0.15, 0.2) is 0 Å². The van der Waals surface area contributed by atoms with Crippen LogP contribution < -0.4 is 15.5 Å². The molecular weight excluding hydrogens is 326 g/mol. The van der Waals surface area contributed by atoms with Crippen molar-refractivity contribution in [2.75, 3.05) is 38.1 Å². The lowest BCUT2D eigenvalue weighted by atomic mass is 10.0. The maximum Gasteiger partial charge on any atom is 0.317 e. The number of piperidine rings is 2. The normalized spacial score (nSPS) is 19.7. The van der Waals surface area contributed by atoms with Gasteiger partial charge in [-0.1, -0.05) is 0 Å². The van der Waals surface area contributed by atoms with Gasteiger partial charge in [-0.05, 0) is 50.9 Å². The minimum Gasteiger partial charge on any atom is -0.371 e. The van der Waals surface area contributed by atoms with Gasteiger partial charge in [-0.15, -0.1) is 0 Å². The van der Waals surface area contributed by atoms with E-state index >= 15 is 0 Å². The van der Waals surface area contributed by atoms with Crippen LogP contribution in [0.2, 0.25) is 0 Å². The first-order valence-corrected chi connectivity index (χ1v) is 8.98. The van der Waals surface area contributed by atoms with Gasteiger partial charge in [0.25, 0.3) is 0 Å².